The van der Waals surface area contributed by atoms with Crippen LogP contribution < -0.4 is 10.1 Å². The number of hydrogen-bond acceptors (Lipinski definition) is 4. The van der Waals surface area contributed by atoms with Crippen LogP contribution in [0.2, 0.25) is 5.02 Å². The van der Waals surface area contributed by atoms with E-state index in [2.05, 4.69) is 15.0 Å². The van der Waals surface area contributed by atoms with Crippen LogP contribution in [-0.2, 0) is 0 Å². The number of anilines is 1. The van der Waals surface area contributed by atoms with Crippen molar-refractivity contribution in [3.8, 4) is 5.88 Å². The minimum absolute atomic E-state index is 0.00790. The van der Waals surface area contributed by atoms with Crippen LogP contribution in [0, 0.1) is 0 Å². The van der Waals surface area contributed by atoms with Crippen LogP contribution in [0.5, 0.6) is 5.88 Å². The fourth-order valence-corrected chi connectivity index (χ4v) is 2.24. The number of halogens is 4. The summed E-state index contributed by atoms with van der Waals surface area (Å²) >= 11 is 5.83. The summed E-state index contributed by atoms with van der Waals surface area (Å²) in [5.41, 5.74) is 0.543. The molecule has 0 saturated carbocycles. The minimum atomic E-state index is -4.54. The molecule has 0 radical (unpaired) electrons. The van der Waals surface area contributed by atoms with Crippen LogP contribution in [0.1, 0.15) is 20.7 Å². The van der Waals surface area contributed by atoms with Crippen LogP contribution in [0.3, 0.4) is 0 Å². The maximum atomic E-state index is 12.4. The van der Waals surface area contributed by atoms with Crippen LogP contribution in [0.15, 0.2) is 36.5 Å². The largest absolute Gasteiger partial charge is 0.467 e. The van der Waals surface area contributed by atoms with Gasteiger partial charge in [0, 0.05) is 20.3 Å². The van der Waals surface area contributed by atoms with Crippen molar-refractivity contribution >= 4 is 29.1 Å². The van der Waals surface area contributed by atoms with Crippen LogP contribution in [0.25, 0.3) is 0 Å². The number of para-hydroxylation sites is 1. The Kier molecular flexibility index (Phi) is 6.27. The topological polar surface area (TPSA) is 71.5 Å². The predicted molar refractivity (Wildman–Crippen MR) is 93.2 cm³/mol. The molecule has 1 N–H and O–H groups in total. The molecule has 27 heavy (non-hydrogen) atoms. The molecule has 2 rings (SSSR count). The Morgan fingerprint density at radius 2 is 1.93 bits per heavy atom. The van der Waals surface area contributed by atoms with Gasteiger partial charge in [-0.2, -0.15) is 13.2 Å². The highest BCUT2D eigenvalue weighted by molar-refractivity contribution is 6.32. The molecule has 1 heterocycles. The molecule has 0 saturated heterocycles. The summed E-state index contributed by atoms with van der Waals surface area (Å²) < 4.78 is 41.1. The molecule has 2 amide bonds. The Morgan fingerprint density at radius 3 is 2.52 bits per heavy atom. The number of aromatic nitrogens is 1. The van der Waals surface area contributed by atoms with Gasteiger partial charge in [0.2, 0.25) is 5.88 Å². The van der Waals surface area contributed by atoms with Crippen molar-refractivity contribution in [3.63, 3.8) is 0 Å². The van der Waals surface area contributed by atoms with Gasteiger partial charge in [-0.3, -0.25) is 9.59 Å². The van der Waals surface area contributed by atoms with Gasteiger partial charge >= 0.3 is 6.18 Å². The molecule has 1 aromatic carbocycles. The third-order valence-electron chi connectivity index (χ3n) is 3.25. The fraction of sp³-hybridized carbons (Fsp3) is 0.235. The molecule has 0 aliphatic rings. The average molecular weight is 402 g/mol. The quantitative estimate of drug-likeness (QED) is 0.830. The maximum Gasteiger partial charge on any atom is 0.422 e. The van der Waals surface area contributed by atoms with Crippen molar-refractivity contribution in [2.45, 2.75) is 6.18 Å². The van der Waals surface area contributed by atoms with Gasteiger partial charge in [0.25, 0.3) is 11.8 Å². The van der Waals surface area contributed by atoms with E-state index < -0.39 is 24.6 Å². The second-order valence-electron chi connectivity index (χ2n) is 5.61. The van der Waals surface area contributed by atoms with Gasteiger partial charge in [-0.15, -0.1) is 0 Å². The Hall–Kier alpha value is -2.81. The minimum Gasteiger partial charge on any atom is -0.467 e. The Morgan fingerprint density at radius 1 is 1.26 bits per heavy atom. The average Bonchev–Trinajstić information content (AvgIpc) is 2.59. The van der Waals surface area contributed by atoms with Crippen LogP contribution in [0.4, 0.5) is 18.9 Å². The monoisotopic (exact) mass is 401 g/mol. The Labute approximate surface area is 157 Å². The highest BCUT2D eigenvalue weighted by Gasteiger charge is 2.29. The van der Waals surface area contributed by atoms with Gasteiger partial charge in [0.15, 0.2) is 6.61 Å². The third kappa shape index (κ3) is 5.58. The van der Waals surface area contributed by atoms with E-state index in [-0.39, 0.29) is 27.7 Å². The summed E-state index contributed by atoms with van der Waals surface area (Å²) in [5.74, 6) is -1.38. The Balaban J connectivity index is 2.18. The highest BCUT2D eigenvalue weighted by Crippen LogP contribution is 2.25. The number of nitrogens with zero attached hydrogens (tertiary/aromatic N) is 2. The first-order chi connectivity index (χ1) is 12.6. The molecule has 0 aliphatic heterocycles. The molecule has 10 heteroatoms. The zero-order chi connectivity index (χ0) is 20.2. The van der Waals surface area contributed by atoms with E-state index in [1.807, 2.05) is 0 Å². The van der Waals surface area contributed by atoms with E-state index in [0.29, 0.717) is 0 Å². The molecule has 144 valence electrons. The molecule has 0 atom stereocenters. The second-order valence-corrected chi connectivity index (χ2v) is 6.02. The van der Waals surface area contributed by atoms with E-state index in [4.69, 9.17) is 11.6 Å². The van der Waals surface area contributed by atoms with Gasteiger partial charge in [0.05, 0.1) is 16.8 Å². The second kappa shape index (κ2) is 8.26. The number of carbonyl (C=O) groups excluding carboxylic acids is 2. The summed E-state index contributed by atoms with van der Waals surface area (Å²) in [7, 11) is 3.15. The number of carbonyl (C=O) groups is 2. The number of amides is 2. The predicted octanol–water partition coefficient (Wildman–Crippen LogP) is 3.63. The van der Waals surface area contributed by atoms with Crippen molar-refractivity contribution < 1.29 is 27.5 Å². The SMILES string of the molecule is CN(C)C(=O)c1ccccc1NC(=O)c1cnc(OCC(F)(F)F)c(Cl)c1. The molecule has 6 nitrogen and oxygen atoms in total. The number of nitrogens with one attached hydrogen (secondary N) is 1. The molecule has 0 spiro atoms. The van der Waals surface area contributed by atoms with Gasteiger partial charge in [-0.05, 0) is 18.2 Å². The summed E-state index contributed by atoms with van der Waals surface area (Å²) in [6.45, 7) is -1.55. The maximum absolute atomic E-state index is 12.4. The molecule has 1 aromatic heterocycles. The number of hydrogen-bond donors (Lipinski definition) is 1. The lowest BCUT2D eigenvalue weighted by molar-refractivity contribution is -0.154. The van der Waals surface area contributed by atoms with E-state index >= 15 is 0 Å². The third-order valence-corrected chi connectivity index (χ3v) is 3.52. The number of pyridine rings is 1. The molecular formula is C17H15ClF3N3O3. The molecule has 2 aromatic rings. The number of ether oxygens (including phenoxy) is 1. The van der Waals surface area contributed by atoms with Gasteiger partial charge in [-0.1, -0.05) is 23.7 Å². The van der Waals surface area contributed by atoms with Crippen molar-refractivity contribution in [3.05, 3.63) is 52.7 Å². The first kappa shape index (κ1) is 20.5. The van der Waals surface area contributed by atoms with Crippen LogP contribution in [-0.4, -0.2) is 48.6 Å². The fourth-order valence-electron chi connectivity index (χ4n) is 2.02. The molecular weight excluding hydrogens is 387 g/mol. The van der Waals surface area contributed by atoms with Crippen molar-refractivity contribution in [1.82, 2.24) is 9.88 Å². The van der Waals surface area contributed by atoms with Gasteiger partial charge in [0.1, 0.15) is 5.02 Å². The Bertz CT molecular complexity index is 857. The summed E-state index contributed by atoms with van der Waals surface area (Å²) in [4.78, 5) is 29.5. The van der Waals surface area contributed by atoms with Crippen molar-refractivity contribution in [2.24, 2.45) is 0 Å². The van der Waals surface area contributed by atoms with E-state index in [9.17, 15) is 22.8 Å². The summed E-state index contributed by atoms with van der Waals surface area (Å²) in [6.07, 6.45) is -3.51. The van der Waals surface area contributed by atoms with E-state index in [1.165, 1.54) is 4.90 Å². The number of alkyl halides is 3. The lowest BCUT2D eigenvalue weighted by atomic mass is 10.1. The summed E-state index contributed by atoms with van der Waals surface area (Å²) in [5, 5.41) is 2.31. The highest BCUT2D eigenvalue weighted by atomic mass is 35.5. The number of benzene rings is 1. The molecule has 0 aliphatic carbocycles. The lowest BCUT2D eigenvalue weighted by Crippen LogP contribution is -2.24. The van der Waals surface area contributed by atoms with E-state index in [0.717, 1.165) is 12.3 Å². The van der Waals surface area contributed by atoms with Gasteiger partial charge in [-0.25, -0.2) is 4.98 Å². The first-order valence-electron chi connectivity index (χ1n) is 7.55. The molecule has 0 bridgehead atoms. The van der Waals surface area contributed by atoms with Gasteiger partial charge < -0.3 is 15.0 Å². The molecule has 0 unspecified atom stereocenters. The normalized spacial score (nSPS) is 11.0. The lowest BCUT2D eigenvalue weighted by Gasteiger charge is -2.15. The van der Waals surface area contributed by atoms with Crippen molar-refractivity contribution in [1.29, 1.82) is 0 Å². The number of rotatable bonds is 5. The van der Waals surface area contributed by atoms with E-state index in [1.54, 1.807) is 38.4 Å². The smallest absolute Gasteiger partial charge is 0.422 e. The zero-order valence-corrected chi connectivity index (χ0v) is 15.1. The first-order valence-corrected chi connectivity index (χ1v) is 7.93. The zero-order valence-electron chi connectivity index (χ0n) is 14.3. The van der Waals surface area contributed by atoms with Crippen molar-refractivity contribution in [2.75, 3.05) is 26.0 Å². The standard InChI is InChI=1S/C17H15ClF3N3O3/c1-24(2)16(26)11-5-3-4-6-13(11)23-14(25)10-7-12(18)15(22-8-10)27-9-17(19,20)21/h3-8H,9H2,1-2H3,(H,23,25). The molecule has 0 fully saturated rings. The summed E-state index contributed by atoms with van der Waals surface area (Å²) in [6, 6.07) is 7.52. The van der Waals surface area contributed by atoms with Crippen LogP contribution >= 0.6 is 11.6 Å².